The van der Waals surface area contributed by atoms with Crippen molar-refractivity contribution in [3.05, 3.63) is 35.7 Å². The van der Waals surface area contributed by atoms with Crippen molar-refractivity contribution in [2.75, 3.05) is 32.8 Å². The fraction of sp³-hybridized carbons (Fsp3) is 0.438. The van der Waals surface area contributed by atoms with Gasteiger partial charge in [0.1, 0.15) is 5.01 Å². The summed E-state index contributed by atoms with van der Waals surface area (Å²) in [6, 6.07) is 8.43. The van der Waals surface area contributed by atoms with E-state index in [1.165, 1.54) is 5.56 Å². The summed E-state index contributed by atoms with van der Waals surface area (Å²) in [5, 5.41) is 14.3. The van der Waals surface area contributed by atoms with Gasteiger partial charge in [0, 0.05) is 31.6 Å². The highest BCUT2D eigenvalue weighted by Gasteiger charge is 2.15. The third kappa shape index (κ3) is 3.12. The van der Waals surface area contributed by atoms with Crippen LogP contribution in [0.5, 0.6) is 0 Å². The SMILES string of the molecule is Cc1ccc(-c2nn3c(CCN4CCOCC4)nnc3s2)cc1. The number of ether oxygens (including phenoxy) is 1. The van der Waals surface area contributed by atoms with E-state index in [2.05, 4.69) is 46.3 Å². The number of rotatable bonds is 4. The van der Waals surface area contributed by atoms with E-state index in [0.29, 0.717) is 0 Å². The van der Waals surface area contributed by atoms with Gasteiger partial charge in [-0.25, -0.2) is 0 Å². The highest BCUT2D eigenvalue weighted by atomic mass is 32.1. The zero-order valence-corrected chi connectivity index (χ0v) is 13.9. The first-order valence-corrected chi connectivity index (χ1v) is 8.69. The highest BCUT2D eigenvalue weighted by molar-refractivity contribution is 7.19. The molecule has 2 aromatic heterocycles. The number of aromatic nitrogens is 4. The van der Waals surface area contributed by atoms with E-state index < -0.39 is 0 Å². The van der Waals surface area contributed by atoms with Crippen LogP contribution in [-0.4, -0.2) is 57.6 Å². The Morgan fingerprint density at radius 3 is 2.70 bits per heavy atom. The Balaban J connectivity index is 1.53. The van der Waals surface area contributed by atoms with Gasteiger partial charge in [0.2, 0.25) is 4.96 Å². The first-order valence-electron chi connectivity index (χ1n) is 7.88. The molecule has 3 aromatic rings. The molecule has 1 aromatic carbocycles. The Kier molecular flexibility index (Phi) is 4.07. The Morgan fingerprint density at radius 2 is 1.91 bits per heavy atom. The van der Waals surface area contributed by atoms with Crippen molar-refractivity contribution in [1.29, 1.82) is 0 Å². The molecular weight excluding hydrogens is 310 g/mol. The van der Waals surface area contributed by atoms with Crippen LogP contribution in [0.4, 0.5) is 0 Å². The number of benzene rings is 1. The van der Waals surface area contributed by atoms with Gasteiger partial charge in [-0.2, -0.15) is 9.61 Å². The Morgan fingerprint density at radius 1 is 1.13 bits per heavy atom. The van der Waals surface area contributed by atoms with Crippen LogP contribution in [0.15, 0.2) is 24.3 Å². The molecule has 0 amide bonds. The molecule has 0 radical (unpaired) electrons. The third-order valence-electron chi connectivity index (χ3n) is 4.11. The summed E-state index contributed by atoms with van der Waals surface area (Å²) in [4.78, 5) is 3.26. The second-order valence-electron chi connectivity index (χ2n) is 5.79. The van der Waals surface area contributed by atoms with Crippen LogP contribution >= 0.6 is 11.3 Å². The maximum atomic E-state index is 5.38. The number of nitrogens with zero attached hydrogens (tertiary/aromatic N) is 5. The summed E-state index contributed by atoms with van der Waals surface area (Å²) in [5.41, 5.74) is 2.38. The molecule has 3 heterocycles. The lowest BCUT2D eigenvalue weighted by molar-refractivity contribution is 0.0382. The second-order valence-corrected chi connectivity index (χ2v) is 6.74. The van der Waals surface area contributed by atoms with Crippen LogP contribution < -0.4 is 0 Å². The number of aryl methyl sites for hydroxylation is 1. The fourth-order valence-corrected chi connectivity index (χ4v) is 3.57. The van der Waals surface area contributed by atoms with Crippen molar-refractivity contribution >= 4 is 16.3 Å². The first kappa shape index (κ1) is 14.7. The number of hydrogen-bond donors (Lipinski definition) is 0. The summed E-state index contributed by atoms with van der Waals surface area (Å²) in [6.45, 7) is 6.70. The van der Waals surface area contributed by atoms with Crippen molar-refractivity contribution < 1.29 is 4.74 Å². The number of fused-ring (bicyclic) bond motifs is 1. The molecule has 0 aliphatic carbocycles. The molecular formula is C16H19N5OS. The zero-order valence-electron chi connectivity index (χ0n) is 13.1. The smallest absolute Gasteiger partial charge is 0.234 e. The molecule has 23 heavy (non-hydrogen) atoms. The molecule has 0 atom stereocenters. The summed E-state index contributed by atoms with van der Waals surface area (Å²) in [5.74, 6) is 0.932. The van der Waals surface area contributed by atoms with Crippen molar-refractivity contribution in [2.45, 2.75) is 13.3 Å². The average molecular weight is 329 g/mol. The summed E-state index contributed by atoms with van der Waals surface area (Å²) >= 11 is 1.58. The molecule has 0 bridgehead atoms. The van der Waals surface area contributed by atoms with E-state index in [0.717, 1.165) is 60.6 Å². The Bertz CT molecular complexity index is 789. The van der Waals surface area contributed by atoms with E-state index >= 15 is 0 Å². The molecule has 1 saturated heterocycles. The van der Waals surface area contributed by atoms with Gasteiger partial charge < -0.3 is 4.74 Å². The molecule has 0 saturated carbocycles. The van der Waals surface area contributed by atoms with Gasteiger partial charge >= 0.3 is 0 Å². The minimum absolute atomic E-state index is 0.823. The largest absolute Gasteiger partial charge is 0.379 e. The lowest BCUT2D eigenvalue weighted by Crippen LogP contribution is -2.37. The number of morpholine rings is 1. The molecule has 1 fully saturated rings. The predicted molar refractivity (Wildman–Crippen MR) is 89.8 cm³/mol. The van der Waals surface area contributed by atoms with Crippen molar-refractivity contribution in [1.82, 2.24) is 24.7 Å². The van der Waals surface area contributed by atoms with Crippen molar-refractivity contribution in [3.8, 4) is 10.6 Å². The molecule has 0 N–H and O–H groups in total. The average Bonchev–Trinajstić information content (AvgIpc) is 3.15. The first-order chi connectivity index (χ1) is 11.3. The topological polar surface area (TPSA) is 55.5 Å². The van der Waals surface area contributed by atoms with Gasteiger partial charge in [-0.1, -0.05) is 41.2 Å². The standard InChI is InChI=1S/C16H19N5OS/c1-12-2-4-13(5-3-12)15-19-21-14(17-18-16(21)23-15)6-7-20-8-10-22-11-9-20/h2-5H,6-11H2,1H3. The van der Waals surface area contributed by atoms with Crippen molar-refractivity contribution in [2.24, 2.45) is 0 Å². The minimum atomic E-state index is 0.823. The van der Waals surface area contributed by atoms with Crippen LogP contribution in [0.25, 0.3) is 15.5 Å². The molecule has 4 rings (SSSR count). The predicted octanol–water partition coefficient (Wildman–Crippen LogP) is 2.04. The van der Waals surface area contributed by atoms with Crippen LogP contribution in [0.1, 0.15) is 11.4 Å². The Labute approximate surface area is 138 Å². The quantitative estimate of drug-likeness (QED) is 0.733. The third-order valence-corrected chi connectivity index (χ3v) is 5.06. The normalized spacial score (nSPS) is 16.2. The lowest BCUT2D eigenvalue weighted by Gasteiger charge is -2.25. The van der Waals surface area contributed by atoms with Crippen LogP contribution in [0.2, 0.25) is 0 Å². The lowest BCUT2D eigenvalue weighted by atomic mass is 10.2. The van der Waals surface area contributed by atoms with Crippen LogP contribution in [0, 0.1) is 6.92 Å². The van der Waals surface area contributed by atoms with E-state index in [1.807, 2.05) is 4.52 Å². The van der Waals surface area contributed by atoms with Gasteiger partial charge in [-0.05, 0) is 6.92 Å². The van der Waals surface area contributed by atoms with Crippen molar-refractivity contribution in [3.63, 3.8) is 0 Å². The maximum Gasteiger partial charge on any atom is 0.234 e. The molecule has 0 spiro atoms. The number of hydrogen-bond acceptors (Lipinski definition) is 6. The molecule has 120 valence electrons. The van der Waals surface area contributed by atoms with Gasteiger partial charge in [-0.3, -0.25) is 4.90 Å². The van der Waals surface area contributed by atoms with E-state index in [9.17, 15) is 0 Å². The van der Waals surface area contributed by atoms with E-state index in [4.69, 9.17) is 9.84 Å². The van der Waals surface area contributed by atoms with Gasteiger partial charge in [0.15, 0.2) is 5.82 Å². The second kappa shape index (κ2) is 6.35. The van der Waals surface area contributed by atoms with E-state index in [-0.39, 0.29) is 0 Å². The highest BCUT2D eigenvalue weighted by Crippen LogP contribution is 2.25. The summed E-state index contributed by atoms with van der Waals surface area (Å²) in [7, 11) is 0. The molecule has 0 unspecified atom stereocenters. The summed E-state index contributed by atoms with van der Waals surface area (Å²) < 4.78 is 7.27. The van der Waals surface area contributed by atoms with Gasteiger partial charge in [0.25, 0.3) is 0 Å². The Hall–Kier alpha value is -1.83. The van der Waals surface area contributed by atoms with E-state index in [1.54, 1.807) is 11.3 Å². The zero-order chi connectivity index (χ0) is 15.6. The summed E-state index contributed by atoms with van der Waals surface area (Å²) in [6.07, 6.45) is 0.859. The molecule has 1 aliphatic heterocycles. The fourth-order valence-electron chi connectivity index (χ4n) is 2.71. The monoisotopic (exact) mass is 329 g/mol. The molecule has 7 heteroatoms. The molecule has 1 aliphatic rings. The van der Waals surface area contributed by atoms with Gasteiger partial charge in [0.05, 0.1) is 13.2 Å². The molecule has 6 nitrogen and oxygen atoms in total. The maximum absolute atomic E-state index is 5.38. The van der Waals surface area contributed by atoms with Crippen LogP contribution in [0.3, 0.4) is 0 Å². The van der Waals surface area contributed by atoms with Crippen LogP contribution in [-0.2, 0) is 11.2 Å². The van der Waals surface area contributed by atoms with Gasteiger partial charge in [-0.15, -0.1) is 10.2 Å². The minimum Gasteiger partial charge on any atom is -0.379 e.